The molecule has 0 aromatic heterocycles. The summed E-state index contributed by atoms with van der Waals surface area (Å²) < 4.78 is 17.0. The molecule has 0 N–H and O–H groups in total. The molecule has 0 heterocycles. The molecule has 0 aromatic rings. The smallest absolute Gasteiger partial charge is 0.306 e. The zero-order chi connectivity index (χ0) is 59.2. The fourth-order valence-corrected chi connectivity index (χ4v) is 12.2. The molecule has 488 valence electrons. The van der Waals surface area contributed by atoms with E-state index in [1.807, 2.05) is 0 Å². The number of ether oxygens (including phenoxy) is 3. The van der Waals surface area contributed by atoms with Crippen molar-refractivity contribution in [1.29, 1.82) is 0 Å². The van der Waals surface area contributed by atoms with Crippen molar-refractivity contribution < 1.29 is 28.6 Å². The predicted molar refractivity (Wildman–Crippen MR) is 358 cm³/mol. The Bertz CT molecular complexity index is 1240. The van der Waals surface area contributed by atoms with E-state index >= 15 is 0 Å². The van der Waals surface area contributed by atoms with Gasteiger partial charge in [-0.1, -0.05) is 412 Å². The normalized spacial score (nSPS) is 11.9. The maximum atomic E-state index is 12.9. The second kappa shape index (κ2) is 71.9. The molecule has 1 atom stereocenters. The van der Waals surface area contributed by atoms with Crippen LogP contribution >= 0.6 is 0 Å². The molecule has 0 fully saturated rings. The first-order valence-electron chi connectivity index (χ1n) is 38.0. The second-order valence-corrected chi connectivity index (χ2v) is 26.3. The number of hydrogen-bond acceptors (Lipinski definition) is 6. The highest BCUT2D eigenvalue weighted by atomic mass is 16.6. The summed E-state index contributed by atoms with van der Waals surface area (Å²) in [7, 11) is 0. The summed E-state index contributed by atoms with van der Waals surface area (Å²) in [5, 5.41) is 0. The van der Waals surface area contributed by atoms with Crippen LogP contribution in [0, 0.1) is 0 Å². The van der Waals surface area contributed by atoms with Crippen molar-refractivity contribution in [3.63, 3.8) is 0 Å². The third kappa shape index (κ3) is 69.2. The van der Waals surface area contributed by atoms with Gasteiger partial charge in [0.1, 0.15) is 13.2 Å². The van der Waals surface area contributed by atoms with Crippen molar-refractivity contribution in [3.05, 3.63) is 0 Å². The quantitative estimate of drug-likeness (QED) is 0.0343. The minimum Gasteiger partial charge on any atom is -0.462 e. The molecule has 0 spiro atoms. The fraction of sp³-hybridized carbons (Fsp3) is 0.961. The van der Waals surface area contributed by atoms with Gasteiger partial charge in [-0.3, -0.25) is 14.4 Å². The monoisotopic (exact) mass is 1160 g/mol. The Hall–Kier alpha value is -1.59. The molecule has 0 rings (SSSR count). The van der Waals surface area contributed by atoms with E-state index in [-0.39, 0.29) is 31.1 Å². The molecule has 0 aliphatic heterocycles. The lowest BCUT2D eigenvalue weighted by atomic mass is 10.0. The molecule has 0 saturated heterocycles. The first-order valence-corrected chi connectivity index (χ1v) is 38.0. The standard InChI is InChI=1S/C76H148O6/c1-4-7-10-13-16-19-21-23-25-27-29-31-33-35-37-38-40-41-43-45-47-49-51-53-55-57-60-63-66-69-75(78)81-72-73(71-80-74(77)68-65-62-59-18-15-12-9-6-3)82-76(79)70-67-64-61-58-56-54-52-50-48-46-44-42-39-36-34-32-30-28-26-24-22-20-17-14-11-8-5-2/h73H,4-72H2,1-3H3. The average molecular weight is 1160 g/mol. The Balaban J connectivity index is 3.99. The summed E-state index contributed by atoms with van der Waals surface area (Å²) in [4.78, 5) is 38.3. The molecule has 0 amide bonds. The largest absolute Gasteiger partial charge is 0.462 e. The van der Waals surface area contributed by atoms with Crippen LogP contribution in [0.1, 0.15) is 451 Å². The van der Waals surface area contributed by atoms with E-state index in [9.17, 15) is 14.4 Å². The van der Waals surface area contributed by atoms with Gasteiger partial charge in [-0.15, -0.1) is 0 Å². The lowest BCUT2D eigenvalue weighted by molar-refractivity contribution is -0.167. The van der Waals surface area contributed by atoms with Gasteiger partial charge in [0.2, 0.25) is 0 Å². The van der Waals surface area contributed by atoms with E-state index in [1.165, 1.54) is 353 Å². The highest BCUT2D eigenvalue weighted by molar-refractivity contribution is 5.71. The molecular formula is C76H148O6. The highest BCUT2D eigenvalue weighted by Gasteiger charge is 2.20. The van der Waals surface area contributed by atoms with Crippen LogP contribution in [-0.4, -0.2) is 37.2 Å². The molecule has 0 aliphatic carbocycles. The van der Waals surface area contributed by atoms with Gasteiger partial charge >= 0.3 is 17.9 Å². The van der Waals surface area contributed by atoms with Gasteiger partial charge in [0, 0.05) is 19.3 Å². The summed E-state index contributed by atoms with van der Waals surface area (Å²) in [5.74, 6) is -0.826. The van der Waals surface area contributed by atoms with Gasteiger partial charge in [-0.2, -0.15) is 0 Å². The third-order valence-corrected chi connectivity index (χ3v) is 17.9. The van der Waals surface area contributed by atoms with E-state index in [0.29, 0.717) is 19.3 Å². The molecule has 0 aromatic carbocycles. The predicted octanol–water partition coefficient (Wildman–Crippen LogP) is 26.2. The van der Waals surface area contributed by atoms with Gasteiger partial charge in [-0.05, 0) is 19.3 Å². The van der Waals surface area contributed by atoms with E-state index in [0.717, 1.165) is 57.8 Å². The van der Waals surface area contributed by atoms with Gasteiger partial charge in [0.05, 0.1) is 0 Å². The summed E-state index contributed by atoms with van der Waals surface area (Å²) >= 11 is 0. The van der Waals surface area contributed by atoms with Crippen molar-refractivity contribution in [2.75, 3.05) is 13.2 Å². The molecule has 1 unspecified atom stereocenters. The van der Waals surface area contributed by atoms with Crippen molar-refractivity contribution >= 4 is 17.9 Å². The van der Waals surface area contributed by atoms with Crippen LogP contribution in [-0.2, 0) is 28.6 Å². The lowest BCUT2D eigenvalue weighted by Crippen LogP contribution is -2.30. The number of unbranched alkanes of at least 4 members (excludes halogenated alkanes) is 61. The van der Waals surface area contributed by atoms with E-state index in [1.54, 1.807) is 0 Å². The van der Waals surface area contributed by atoms with E-state index < -0.39 is 6.10 Å². The molecule has 0 aliphatic rings. The summed E-state index contributed by atoms with van der Waals surface area (Å²) in [6, 6.07) is 0. The fourth-order valence-electron chi connectivity index (χ4n) is 12.2. The van der Waals surface area contributed by atoms with Crippen LogP contribution in [0.25, 0.3) is 0 Å². The molecule has 0 bridgehead atoms. The Morgan fingerprint density at radius 3 is 0.488 bits per heavy atom. The first-order chi connectivity index (χ1) is 40.5. The van der Waals surface area contributed by atoms with Gasteiger partial charge in [-0.25, -0.2) is 0 Å². The highest BCUT2D eigenvalue weighted by Crippen LogP contribution is 2.20. The minimum absolute atomic E-state index is 0.0608. The summed E-state index contributed by atoms with van der Waals surface area (Å²) in [6.45, 7) is 6.72. The molecule has 82 heavy (non-hydrogen) atoms. The first kappa shape index (κ1) is 80.4. The number of carbonyl (C=O) groups excluding carboxylic acids is 3. The van der Waals surface area contributed by atoms with Crippen molar-refractivity contribution in [1.82, 2.24) is 0 Å². The third-order valence-electron chi connectivity index (χ3n) is 17.9. The van der Waals surface area contributed by atoms with Gasteiger partial charge in [0.15, 0.2) is 6.10 Å². The maximum absolute atomic E-state index is 12.9. The lowest BCUT2D eigenvalue weighted by Gasteiger charge is -2.18. The van der Waals surface area contributed by atoms with Crippen LogP contribution in [0.15, 0.2) is 0 Å². The Labute approximate surface area is 514 Å². The molecule has 0 radical (unpaired) electrons. The van der Waals surface area contributed by atoms with Crippen molar-refractivity contribution in [2.24, 2.45) is 0 Å². The topological polar surface area (TPSA) is 78.9 Å². The van der Waals surface area contributed by atoms with E-state index in [4.69, 9.17) is 14.2 Å². The molecule has 6 nitrogen and oxygen atoms in total. The molecule has 6 heteroatoms. The Morgan fingerprint density at radius 1 is 0.195 bits per heavy atom. The SMILES string of the molecule is CCCCCCCCCCCCCCCCCCCCCCCCCCCCCCCC(=O)OCC(COC(=O)CCCCCCCCCC)OC(=O)CCCCCCCCCCCCCCCCCCCCCCCCCCCCC. The average Bonchev–Trinajstić information content (AvgIpc) is 3.47. The van der Waals surface area contributed by atoms with Crippen LogP contribution < -0.4 is 0 Å². The van der Waals surface area contributed by atoms with Crippen LogP contribution in [0.5, 0.6) is 0 Å². The van der Waals surface area contributed by atoms with Crippen LogP contribution in [0.4, 0.5) is 0 Å². The van der Waals surface area contributed by atoms with Crippen LogP contribution in [0.3, 0.4) is 0 Å². The van der Waals surface area contributed by atoms with Crippen molar-refractivity contribution in [3.8, 4) is 0 Å². The van der Waals surface area contributed by atoms with Crippen molar-refractivity contribution in [2.45, 2.75) is 457 Å². The summed E-state index contributed by atoms with van der Waals surface area (Å²) in [5.41, 5.74) is 0. The number of esters is 3. The number of rotatable bonds is 72. The number of carbonyl (C=O) groups is 3. The van der Waals surface area contributed by atoms with Gasteiger partial charge in [0.25, 0.3) is 0 Å². The van der Waals surface area contributed by atoms with E-state index in [2.05, 4.69) is 20.8 Å². The summed E-state index contributed by atoms with van der Waals surface area (Å²) in [6.07, 6.45) is 86.2. The Kier molecular flexibility index (Phi) is 70.5. The zero-order valence-electron chi connectivity index (χ0n) is 56.3. The molecule has 0 saturated carbocycles. The maximum Gasteiger partial charge on any atom is 0.306 e. The molecular weight excluding hydrogens is 1010 g/mol. The Morgan fingerprint density at radius 2 is 0.329 bits per heavy atom. The second-order valence-electron chi connectivity index (χ2n) is 26.3. The van der Waals surface area contributed by atoms with Gasteiger partial charge < -0.3 is 14.2 Å². The minimum atomic E-state index is -0.763. The number of hydrogen-bond donors (Lipinski definition) is 0. The zero-order valence-corrected chi connectivity index (χ0v) is 56.3. The van der Waals surface area contributed by atoms with Crippen LogP contribution in [0.2, 0.25) is 0 Å².